The summed E-state index contributed by atoms with van der Waals surface area (Å²) < 4.78 is 53.2. The molecule has 0 spiro atoms. The molecule has 0 bridgehead atoms. The van der Waals surface area contributed by atoms with Crippen molar-refractivity contribution in [2.24, 2.45) is 0 Å². The molecular weight excluding hydrogens is 571 g/mol. The number of hydrogen-bond donors (Lipinski definition) is 2. The lowest BCUT2D eigenvalue weighted by Crippen LogP contribution is -2.41. The molecule has 2 N–H and O–H groups in total. The molecule has 0 atom stereocenters. The maximum absolute atomic E-state index is 13.5. The monoisotopic (exact) mass is 602 g/mol. The normalized spacial score (nSPS) is 15.8. The van der Waals surface area contributed by atoms with Gasteiger partial charge in [0.25, 0.3) is 10.0 Å². The molecule has 0 aliphatic carbocycles. The number of sulfonamides is 1. The van der Waals surface area contributed by atoms with Crippen molar-refractivity contribution in [3.8, 4) is 5.75 Å². The number of nitrogens with zero attached hydrogens (tertiary/aromatic N) is 2. The van der Waals surface area contributed by atoms with Gasteiger partial charge in [-0.1, -0.05) is 11.6 Å². The second kappa shape index (κ2) is 12.2. The molecule has 2 aliphatic rings. The van der Waals surface area contributed by atoms with E-state index in [1.807, 2.05) is 26.0 Å². The standard InChI is InChI=1S/C29H32ClFN4O5S/c1-19-14-23(40-11-3-8-34-9-12-39-13-10-34)15-20(2)28(19)35-27-7-4-22(16-21(27)18-32-29(35)36)33-41(37,38)24-5-6-26(31)25(30)17-24/h4-7,14-17,33H,3,8-13,18H2,1-2H3,(H,32,36). The van der Waals surface area contributed by atoms with Crippen LogP contribution in [0.1, 0.15) is 23.1 Å². The average Bonchev–Trinajstić information content (AvgIpc) is 2.94. The van der Waals surface area contributed by atoms with Crippen LogP contribution in [0.4, 0.5) is 26.2 Å². The molecule has 2 aliphatic heterocycles. The molecule has 2 heterocycles. The summed E-state index contributed by atoms with van der Waals surface area (Å²) in [6.07, 6.45) is 0.905. The number of ether oxygens (including phenoxy) is 2. The smallest absolute Gasteiger partial charge is 0.326 e. The number of carbonyl (C=O) groups excluding carboxylic acids is 1. The van der Waals surface area contributed by atoms with Crippen LogP contribution in [0, 0.1) is 19.7 Å². The van der Waals surface area contributed by atoms with Crippen molar-refractivity contribution in [2.45, 2.75) is 31.7 Å². The Morgan fingerprint density at radius 3 is 2.51 bits per heavy atom. The van der Waals surface area contributed by atoms with Crippen molar-refractivity contribution in [1.29, 1.82) is 0 Å². The summed E-state index contributed by atoms with van der Waals surface area (Å²) in [7, 11) is -4.01. The highest BCUT2D eigenvalue weighted by molar-refractivity contribution is 7.92. The number of carbonyl (C=O) groups is 1. The maximum Gasteiger partial charge on any atom is 0.326 e. The minimum Gasteiger partial charge on any atom is -0.494 e. The summed E-state index contributed by atoms with van der Waals surface area (Å²) in [5, 5.41) is 2.58. The van der Waals surface area contributed by atoms with Crippen molar-refractivity contribution in [2.75, 3.05) is 49.1 Å². The van der Waals surface area contributed by atoms with Crippen LogP contribution in [0.5, 0.6) is 5.75 Å². The number of hydrogen-bond acceptors (Lipinski definition) is 6. The molecule has 0 unspecified atom stereocenters. The van der Waals surface area contributed by atoms with E-state index in [2.05, 4.69) is 14.9 Å². The van der Waals surface area contributed by atoms with Crippen molar-refractivity contribution in [1.82, 2.24) is 10.2 Å². The van der Waals surface area contributed by atoms with Gasteiger partial charge in [-0.2, -0.15) is 0 Å². The van der Waals surface area contributed by atoms with Gasteiger partial charge in [-0.05, 0) is 85.5 Å². The quantitative estimate of drug-likeness (QED) is 0.320. The predicted octanol–water partition coefficient (Wildman–Crippen LogP) is 5.36. The Kier molecular flexibility index (Phi) is 8.69. The Hall–Kier alpha value is -3.38. The van der Waals surface area contributed by atoms with Gasteiger partial charge in [0, 0.05) is 31.9 Å². The predicted molar refractivity (Wildman–Crippen MR) is 156 cm³/mol. The molecular formula is C29H32ClFN4O5S. The fourth-order valence-electron chi connectivity index (χ4n) is 5.10. The molecule has 0 aromatic heterocycles. The van der Waals surface area contributed by atoms with Gasteiger partial charge in [-0.3, -0.25) is 14.5 Å². The van der Waals surface area contributed by atoms with Gasteiger partial charge in [-0.15, -0.1) is 0 Å². The van der Waals surface area contributed by atoms with Crippen LogP contribution in [0.3, 0.4) is 0 Å². The van der Waals surface area contributed by atoms with Crippen LogP contribution < -0.4 is 19.7 Å². The Morgan fingerprint density at radius 2 is 1.80 bits per heavy atom. The van der Waals surface area contributed by atoms with Crippen molar-refractivity contribution in [3.05, 3.63) is 76.1 Å². The molecule has 1 saturated heterocycles. The number of halogens is 2. The maximum atomic E-state index is 13.5. The number of benzene rings is 3. The third-order valence-electron chi connectivity index (χ3n) is 7.09. The molecule has 2 amide bonds. The Bertz CT molecular complexity index is 1540. The molecule has 218 valence electrons. The van der Waals surface area contributed by atoms with Gasteiger partial charge in [0.2, 0.25) is 0 Å². The van der Waals surface area contributed by atoms with E-state index in [0.717, 1.165) is 85.6 Å². The second-order valence-corrected chi connectivity index (χ2v) is 12.2. The van der Waals surface area contributed by atoms with E-state index >= 15 is 0 Å². The first kappa shape index (κ1) is 29.1. The van der Waals surface area contributed by atoms with E-state index in [4.69, 9.17) is 21.1 Å². The number of rotatable bonds is 9. The van der Waals surface area contributed by atoms with Crippen LogP contribution in [0.25, 0.3) is 0 Å². The summed E-state index contributed by atoms with van der Waals surface area (Å²) in [5.74, 6) is 0.0400. The minimum atomic E-state index is -4.01. The number of nitrogens with one attached hydrogen (secondary N) is 2. The molecule has 5 rings (SSSR count). The first-order valence-electron chi connectivity index (χ1n) is 13.4. The summed E-state index contributed by atoms with van der Waals surface area (Å²) in [6, 6.07) is 11.7. The van der Waals surface area contributed by atoms with Gasteiger partial charge < -0.3 is 14.8 Å². The SMILES string of the molecule is Cc1cc(OCCCN2CCOCC2)cc(C)c1N1C(=O)NCc2cc(NS(=O)(=O)c3ccc(F)c(Cl)c3)ccc21. The van der Waals surface area contributed by atoms with E-state index < -0.39 is 15.8 Å². The Balaban J connectivity index is 1.32. The van der Waals surface area contributed by atoms with Crippen LogP contribution in [0.2, 0.25) is 5.02 Å². The fraction of sp³-hybridized carbons (Fsp3) is 0.345. The van der Waals surface area contributed by atoms with E-state index in [0.29, 0.717) is 18.0 Å². The molecule has 12 heteroatoms. The zero-order chi connectivity index (χ0) is 29.1. The zero-order valence-electron chi connectivity index (χ0n) is 22.9. The van der Waals surface area contributed by atoms with Crippen LogP contribution in [-0.2, 0) is 21.3 Å². The Labute approximate surface area is 244 Å². The first-order valence-corrected chi connectivity index (χ1v) is 15.2. The zero-order valence-corrected chi connectivity index (χ0v) is 24.4. The lowest BCUT2D eigenvalue weighted by Gasteiger charge is -2.32. The van der Waals surface area contributed by atoms with Gasteiger partial charge in [0.05, 0.1) is 41.1 Å². The number of fused-ring (bicyclic) bond motifs is 1. The molecule has 3 aromatic rings. The van der Waals surface area contributed by atoms with E-state index in [1.165, 1.54) is 0 Å². The molecule has 41 heavy (non-hydrogen) atoms. The highest BCUT2D eigenvalue weighted by Crippen LogP contribution is 2.39. The van der Waals surface area contributed by atoms with Gasteiger partial charge in [0.15, 0.2) is 0 Å². The number of amides is 2. The van der Waals surface area contributed by atoms with E-state index in [9.17, 15) is 17.6 Å². The lowest BCUT2D eigenvalue weighted by atomic mass is 10.0. The third kappa shape index (κ3) is 6.59. The van der Waals surface area contributed by atoms with Crippen LogP contribution in [0.15, 0.2) is 53.4 Å². The highest BCUT2D eigenvalue weighted by atomic mass is 35.5. The third-order valence-corrected chi connectivity index (χ3v) is 8.76. The fourth-order valence-corrected chi connectivity index (χ4v) is 6.42. The second-order valence-electron chi connectivity index (χ2n) is 10.1. The van der Waals surface area contributed by atoms with Gasteiger partial charge in [0.1, 0.15) is 11.6 Å². The lowest BCUT2D eigenvalue weighted by molar-refractivity contribution is 0.0358. The van der Waals surface area contributed by atoms with E-state index in [1.54, 1.807) is 23.1 Å². The van der Waals surface area contributed by atoms with Crippen LogP contribution >= 0.6 is 11.6 Å². The molecule has 3 aromatic carbocycles. The van der Waals surface area contributed by atoms with Gasteiger partial charge >= 0.3 is 6.03 Å². The van der Waals surface area contributed by atoms with Crippen molar-refractivity contribution in [3.63, 3.8) is 0 Å². The molecule has 9 nitrogen and oxygen atoms in total. The van der Waals surface area contributed by atoms with Crippen molar-refractivity contribution < 1.29 is 27.1 Å². The number of aryl methyl sites for hydroxylation is 2. The van der Waals surface area contributed by atoms with Crippen molar-refractivity contribution >= 4 is 44.7 Å². The first-order chi connectivity index (χ1) is 19.6. The van der Waals surface area contributed by atoms with E-state index in [-0.39, 0.29) is 22.5 Å². The Morgan fingerprint density at radius 1 is 1.07 bits per heavy atom. The molecule has 1 fully saturated rings. The summed E-state index contributed by atoms with van der Waals surface area (Å²) in [6.45, 7) is 9.08. The highest BCUT2D eigenvalue weighted by Gasteiger charge is 2.29. The van der Waals surface area contributed by atoms with Crippen LogP contribution in [-0.4, -0.2) is 58.8 Å². The summed E-state index contributed by atoms with van der Waals surface area (Å²) >= 11 is 5.78. The minimum absolute atomic E-state index is 0.161. The largest absolute Gasteiger partial charge is 0.494 e. The molecule has 0 saturated carbocycles. The number of urea groups is 1. The topological polar surface area (TPSA) is 100 Å². The summed E-state index contributed by atoms with van der Waals surface area (Å²) in [5.41, 5.74) is 4.15. The molecule has 0 radical (unpaired) electrons. The average molecular weight is 603 g/mol. The summed E-state index contributed by atoms with van der Waals surface area (Å²) in [4.78, 5) is 16.9. The number of anilines is 3. The van der Waals surface area contributed by atoms with Gasteiger partial charge in [-0.25, -0.2) is 17.6 Å². The number of morpholine rings is 1.